The van der Waals surface area contributed by atoms with E-state index in [9.17, 15) is 38.7 Å². The van der Waals surface area contributed by atoms with Crippen molar-refractivity contribution in [2.75, 3.05) is 0 Å². The van der Waals surface area contributed by atoms with Crippen LogP contribution in [0.3, 0.4) is 0 Å². The molecule has 0 radical (unpaired) electrons. The number of esters is 6. The van der Waals surface area contributed by atoms with Crippen molar-refractivity contribution in [3.8, 4) is 80.5 Å². The average molecular weight is 1690 g/mol. The van der Waals surface area contributed by atoms with Crippen LogP contribution < -0.4 is 66.3 Å². The van der Waals surface area contributed by atoms with Crippen molar-refractivity contribution in [3.05, 3.63) is 454 Å². The van der Waals surface area contributed by atoms with Crippen LogP contribution >= 0.6 is 0 Å². The van der Waals surface area contributed by atoms with Crippen molar-refractivity contribution >= 4 is 41.8 Å². The summed E-state index contributed by atoms with van der Waals surface area (Å²) >= 11 is 0. The summed E-state index contributed by atoms with van der Waals surface area (Å²) in [6, 6.07) is 102. The lowest BCUT2D eigenvalue weighted by Crippen LogP contribution is -2.15. The molecule has 0 atom stereocenters. The molecule has 0 aliphatic rings. The van der Waals surface area contributed by atoms with Crippen molar-refractivity contribution in [1.82, 2.24) is 0 Å². The molecule has 0 spiro atoms. The molecule has 127 heavy (non-hydrogen) atoms. The Morgan fingerprint density at radius 3 is 0.409 bits per heavy atom. The van der Waals surface area contributed by atoms with Gasteiger partial charge < -0.3 is 71.4 Å². The lowest BCUT2D eigenvalue weighted by Gasteiger charge is -2.15. The second-order valence-electron chi connectivity index (χ2n) is 28.7. The highest BCUT2D eigenvalue weighted by Gasteiger charge is 2.26. The van der Waals surface area contributed by atoms with E-state index in [2.05, 4.69) is 0 Å². The van der Waals surface area contributed by atoms with E-state index in [4.69, 9.17) is 66.3 Å². The summed E-state index contributed by atoms with van der Waals surface area (Å²) in [5.41, 5.74) is 4.97. The van der Waals surface area contributed by atoms with Crippen molar-refractivity contribution in [3.63, 3.8) is 0 Å². The number of hydrogen-bond acceptors (Lipinski definition) is 21. The predicted octanol–water partition coefficient (Wildman–Crippen LogP) is 21.3. The van der Waals surface area contributed by atoms with Crippen LogP contribution in [0, 0.1) is 0 Å². The number of ether oxygens (including phenoxy) is 14. The highest BCUT2D eigenvalue weighted by Crippen LogP contribution is 2.36. The van der Waals surface area contributed by atoms with Gasteiger partial charge in [0.25, 0.3) is 0 Å². The summed E-state index contributed by atoms with van der Waals surface area (Å²) in [5.74, 6) is -8.62. The molecule has 22 heteroatoms. The Labute approximate surface area is 729 Å². The number of carbonyl (C=O) groups excluding carboxylic acids is 6. The smallest absolute Gasteiger partial charge is 0.343 e. The van der Waals surface area contributed by atoms with Crippen LogP contribution in [-0.4, -0.2) is 46.9 Å². The number of carbonyl (C=O) groups is 7. The number of rotatable bonds is 37. The fourth-order valence-electron chi connectivity index (χ4n) is 12.8. The third-order valence-electron chi connectivity index (χ3n) is 19.1. The van der Waals surface area contributed by atoms with Gasteiger partial charge >= 0.3 is 41.8 Å². The SMILES string of the molecule is O=C(O)c1cc(OC(=O)c2cc(OC(=O)c3cc(OCc4ccccc4)cc(OCc4ccccc4)c3)cc(OC(=O)c3cc(OCc4ccccc4)cc(OCc4ccccc4)c3)c2)cc(OC(=O)c2cc(OC(=O)c3cc(OCc4ccccc4)cc(OCc4ccccc4)c3)cc(OC(=O)c3cc(OCc4ccccc4)cc(OCc4ccccc4)c3)c2)c1. The van der Waals surface area contributed by atoms with Crippen molar-refractivity contribution in [2.45, 2.75) is 52.9 Å². The van der Waals surface area contributed by atoms with E-state index >= 15 is 0 Å². The summed E-state index contributed by atoms with van der Waals surface area (Å²) in [6.45, 7) is 0.900. The van der Waals surface area contributed by atoms with Crippen LogP contribution in [0.5, 0.6) is 80.5 Å². The van der Waals surface area contributed by atoms with Crippen LogP contribution in [0.2, 0.25) is 0 Å². The molecule has 0 unspecified atom stereocenters. The Kier molecular flexibility index (Phi) is 28.1. The van der Waals surface area contributed by atoms with Gasteiger partial charge in [0.2, 0.25) is 0 Å². The zero-order chi connectivity index (χ0) is 87.5. The zero-order valence-corrected chi connectivity index (χ0v) is 67.9. The molecule has 0 heterocycles. The molecule has 0 bridgehead atoms. The first-order chi connectivity index (χ1) is 62.1. The maximum absolute atomic E-state index is 15.0. The number of aromatic carboxylic acids is 1. The molecule has 22 nitrogen and oxygen atoms in total. The van der Waals surface area contributed by atoms with E-state index < -0.39 is 70.0 Å². The number of carboxylic acids is 1. The van der Waals surface area contributed by atoms with E-state index in [1.54, 1.807) is 24.3 Å². The maximum Gasteiger partial charge on any atom is 0.343 e. The van der Waals surface area contributed by atoms with Crippen LogP contribution in [0.25, 0.3) is 0 Å². The standard InChI is InChI=1S/C105H78O22/c106-99(107)78-41-93(122-104(112)83-51-95(124-100(108)79-43-85(114-62-70-25-9-1-10-26-70)55-86(44-79)115-63-71-27-11-2-12-28-71)60-96(52-83)125-101(109)80-45-87(116-64-72-29-13-3-14-30-72)56-88(46-80)117-65-73-31-15-4-16-32-73)59-94(42-78)123-105(113)84-53-97(126-102(110)81-47-89(118-66-74-33-17-5-18-34-74)57-90(48-81)119-67-75-35-19-6-20-36-75)61-98(54-84)127-103(111)82-49-91(120-68-76-37-21-7-22-38-76)58-92(50-82)121-69-77-39-23-8-24-40-77/h1-61H,62-69H2,(H,106,107). The molecule has 0 aliphatic carbocycles. The van der Waals surface area contributed by atoms with Gasteiger partial charge in [0.1, 0.15) is 133 Å². The summed E-state index contributed by atoms with van der Waals surface area (Å²) in [5, 5.41) is 10.6. The molecule has 630 valence electrons. The Bertz CT molecular complexity index is 5400. The van der Waals surface area contributed by atoms with Gasteiger partial charge in [-0.25, -0.2) is 33.6 Å². The van der Waals surface area contributed by atoms with Gasteiger partial charge in [0.15, 0.2) is 0 Å². The Balaban J connectivity index is 0.746. The van der Waals surface area contributed by atoms with E-state index in [0.717, 1.165) is 87.0 Å². The fourth-order valence-corrected chi connectivity index (χ4v) is 12.8. The largest absolute Gasteiger partial charge is 0.489 e. The van der Waals surface area contributed by atoms with Crippen LogP contribution in [-0.2, 0) is 52.9 Å². The van der Waals surface area contributed by atoms with Crippen molar-refractivity contribution < 1.29 is 105 Å². The van der Waals surface area contributed by atoms with E-state index in [1.165, 1.54) is 60.7 Å². The summed E-state index contributed by atoms with van der Waals surface area (Å²) < 4.78 is 85.8. The molecule has 1 N–H and O–H groups in total. The lowest BCUT2D eigenvalue weighted by atomic mass is 10.1. The minimum atomic E-state index is -1.57. The van der Waals surface area contributed by atoms with Crippen LogP contribution in [0.1, 0.15) is 117 Å². The van der Waals surface area contributed by atoms with E-state index in [-0.39, 0.29) is 144 Å². The van der Waals surface area contributed by atoms with Gasteiger partial charge in [-0.15, -0.1) is 0 Å². The predicted molar refractivity (Wildman–Crippen MR) is 468 cm³/mol. The molecule has 15 aromatic rings. The van der Waals surface area contributed by atoms with Gasteiger partial charge in [0, 0.05) is 42.5 Å². The summed E-state index contributed by atoms with van der Waals surface area (Å²) in [7, 11) is 0. The van der Waals surface area contributed by atoms with Crippen LogP contribution in [0.15, 0.2) is 370 Å². The van der Waals surface area contributed by atoms with Crippen molar-refractivity contribution in [1.29, 1.82) is 0 Å². The molecular formula is C105H78O22. The molecule has 0 saturated carbocycles. The highest BCUT2D eigenvalue weighted by atomic mass is 16.6. The maximum atomic E-state index is 15.0. The molecule has 0 amide bonds. The van der Waals surface area contributed by atoms with E-state index in [1.807, 2.05) is 243 Å². The Morgan fingerprint density at radius 2 is 0.276 bits per heavy atom. The first-order valence-corrected chi connectivity index (χ1v) is 40.0. The van der Waals surface area contributed by atoms with Gasteiger partial charge in [-0.05, 0) is 129 Å². The third kappa shape index (κ3) is 25.1. The topological polar surface area (TPSA) is 269 Å². The lowest BCUT2D eigenvalue weighted by molar-refractivity contribution is 0.0679. The molecule has 15 rings (SSSR count). The fraction of sp³-hybridized carbons (Fsp3) is 0.0762. The van der Waals surface area contributed by atoms with Crippen molar-refractivity contribution in [2.24, 2.45) is 0 Å². The second-order valence-corrected chi connectivity index (χ2v) is 28.7. The Morgan fingerprint density at radius 1 is 0.157 bits per heavy atom. The molecule has 15 aromatic carbocycles. The highest BCUT2D eigenvalue weighted by molar-refractivity contribution is 5.99. The summed E-state index contributed by atoms with van der Waals surface area (Å²) in [4.78, 5) is 102. The van der Waals surface area contributed by atoms with Gasteiger partial charge in [0.05, 0.1) is 38.9 Å². The number of carboxylic acid groups (broad SMARTS) is 1. The second kappa shape index (κ2) is 42.0. The number of hydrogen-bond donors (Lipinski definition) is 1. The number of benzene rings is 15. The van der Waals surface area contributed by atoms with Crippen LogP contribution in [0.4, 0.5) is 0 Å². The molecule has 0 aromatic heterocycles. The minimum Gasteiger partial charge on any atom is -0.489 e. The molecule has 0 aliphatic heterocycles. The molecular weight excluding hydrogens is 1610 g/mol. The minimum absolute atomic E-state index is 0.0650. The zero-order valence-electron chi connectivity index (χ0n) is 67.9. The third-order valence-corrected chi connectivity index (χ3v) is 19.1. The molecule has 0 saturated heterocycles. The summed E-state index contributed by atoms with van der Waals surface area (Å²) in [6.07, 6.45) is 0. The van der Waals surface area contributed by atoms with Gasteiger partial charge in [-0.1, -0.05) is 243 Å². The Hall–Kier alpha value is -17.0. The monoisotopic (exact) mass is 1690 g/mol. The average Bonchev–Trinajstić information content (AvgIpc) is 0.817. The first-order valence-electron chi connectivity index (χ1n) is 40.0. The normalized spacial score (nSPS) is 10.7. The first kappa shape index (κ1) is 85.0. The quantitative estimate of drug-likeness (QED) is 0.0280. The molecule has 0 fully saturated rings. The van der Waals surface area contributed by atoms with Gasteiger partial charge in [-0.3, -0.25) is 0 Å². The van der Waals surface area contributed by atoms with E-state index in [0.29, 0.717) is 0 Å². The van der Waals surface area contributed by atoms with Gasteiger partial charge in [-0.2, -0.15) is 0 Å².